The van der Waals surface area contributed by atoms with Gasteiger partial charge in [0.25, 0.3) is 5.66 Å². The van der Waals surface area contributed by atoms with E-state index in [1.54, 1.807) is 11.1 Å². The molecule has 2 aromatic rings. The summed E-state index contributed by atoms with van der Waals surface area (Å²) in [5.74, 6) is 7.17. The van der Waals surface area contributed by atoms with Crippen LogP contribution in [0.3, 0.4) is 0 Å². The predicted octanol–water partition coefficient (Wildman–Crippen LogP) is 4.61. The van der Waals surface area contributed by atoms with Gasteiger partial charge in [0.1, 0.15) is 11.4 Å². The summed E-state index contributed by atoms with van der Waals surface area (Å²) in [4.78, 5) is 24.2. The number of anilines is 2. The molecule has 7 heteroatoms. The van der Waals surface area contributed by atoms with Crippen LogP contribution in [0.2, 0.25) is 0 Å². The highest BCUT2D eigenvalue weighted by Gasteiger charge is 2.26. The minimum Gasteiger partial charge on any atom is -0.444 e. The first kappa shape index (κ1) is 23.9. The van der Waals surface area contributed by atoms with Gasteiger partial charge in [-0.15, -0.1) is 0 Å². The van der Waals surface area contributed by atoms with Crippen LogP contribution in [0, 0.1) is 18.4 Å². The summed E-state index contributed by atoms with van der Waals surface area (Å²) in [6, 6.07) is 11.6. The van der Waals surface area contributed by atoms with Crippen molar-refractivity contribution in [2.24, 2.45) is 0 Å². The molecule has 33 heavy (non-hydrogen) atoms. The maximum atomic E-state index is 12.2. The standard InChI is InChI=1S/C26H31N5O2/c1-25(2,3)33-24(32)31-17-15-30(16-18-31)23-14-11-21(19-28-23)8-7-20-9-12-22(13-10-20)29-26(4,5)27-6/h9-14,19,29H,15-18H2,1-5H3. The number of pyridine rings is 1. The number of benzene rings is 1. The van der Waals surface area contributed by atoms with Crippen LogP contribution in [-0.2, 0) is 4.74 Å². The van der Waals surface area contributed by atoms with Gasteiger partial charge >= 0.3 is 6.09 Å². The number of amides is 1. The monoisotopic (exact) mass is 445 g/mol. The highest BCUT2D eigenvalue weighted by atomic mass is 16.6. The van der Waals surface area contributed by atoms with Gasteiger partial charge in [0.05, 0.1) is 0 Å². The van der Waals surface area contributed by atoms with E-state index in [1.807, 2.05) is 71.0 Å². The quantitative estimate of drug-likeness (QED) is 0.552. The van der Waals surface area contributed by atoms with Crippen molar-refractivity contribution < 1.29 is 9.53 Å². The second-order valence-electron chi connectivity index (χ2n) is 9.48. The molecule has 0 atom stereocenters. The highest BCUT2D eigenvalue weighted by Crippen LogP contribution is 2.18. The molecule has 3 rings (SSSR count). The second-order valence-corrected chi connectivity index (χ2v) is 9.48. The van der Waals surface area contributed by atoms with Crippen molar-refractivity contribution in [1.29, 1.82) is 0 Å². The molecule has 1 aliphatic heterocycles. The number of piperazine rings is 1. The molecule has 1 fully saturated rings. The van der Waals surface area contributed by atoms with Crippen LogP contribution in [0.4, 0.5) is 16.3 Å². The molecule has 0 spiro atoms. The van der Waals surface area contributed by atoms with Crippen molar-refractivity contribution in [3.63, 3.8) is 0 Å². The fraction of sp³-hybridized carbons (Fsp3) is 0.423. The summed E-state index contributed by atoms with van der Waals surface area (Å²) < 4.78 is 5.45. The van der Waals surface area contributed by atoms with E-state index in [9.17, 15) is 4.79 Å². The van der Waals surface area contributed by atoms with Crippen LogP contribution < -0.4 is 10.2 Å². The van der Waals surface area contributed by atoms with Gasteiger partial charge in [0.15, 0.2) is 0 Å². The van der Waals surface area contributed by atoms with E-state index in [4.69, 9.17) is 11.3 Å². The lowest BCUT2D eigenvalue weighted by molar-refractivity contribution is 0.0240. The number of carbonyl (C=O) groups is 1. The minimum absolute atomic E-state index is 0.264. The number of nitrogens with zero attached hydrogens (tertiary/aromatic N) is 4. The van der Waals surface area contributed by atoms with E-state index >= 15 is 0 Å². The topological polar surface area (TPSA) is 62.1 Å². The lowest BCUT2D eigenvalue weighted by atomic mass is 10.1. The number of ether oxygens (including phenoxy) is 1. The number of carbonyl (C=O) groups excluding carboxylic acids is 1. The second kappa shape index (κ2) is 9.83. The van der Waals surface area contributed by atoms with E-state index in [-0.39, 0.29) is 6.09 Å². The van der Waals surface area contributed by atoms with E-state index in [0.717, 1.165) is 22.6 Å². The van der Waals surface area contributed by atoms with Crippen LogP contribution in [-0.4, -0.2) is 53.4 Å². The highest BCUT2D eigenvalue weighted by molar-refractivity contribution is 5.68. The molecule has 0 radical (unpaired) electrons. The molecule has 172 valence electrons. The van der Waals surface area contributed by atoms with E-state index in [2.05, 4.69) is 31.9 Å². The Morgan fingerprint density at radius 2 is 1.61 bits per heavy atom. The number of hydrogen-bond donors (Lipinski definition) is 1. The summed E-state index contributed by atoms with van der Waals surface area (Å²) >= 11 is 0. The van der Waals surface area contributed by atoms with Crippen LogP contribution >= 0.6 is 0 Å². The molecule has 1 saturated heterocycles. The van der Waals surface area contributed by atoms with Crippen LogP contribution in [0.25, 0.3) is 4.85 Å². The number of hydrogen-bond acceptors (Lipinski definition) is 5. The Labute approximate surface area is 196 Å². The van der Waals surface area contributed by atoms with Crippen LogP contribution in [0.15, 0.2) is 42.6 Å². The Morgan fingerprint density at radius 1 is 1.00 bits per heavy atom. The fourth-order valence-corrected chi connectivity index (χ4v) is 3.25. The molecule has 2 heterocycles. The molecule has 1 N–H and O–H groups in total. The first-order valence-electron chi connectivity index (χ1n) is 11.0. The first-order chi connectivity index (χ1) is 15.5. The number of rotatable bonds is 3. The SMILES string of the molecule is [C-]#[N+]C(C)(C)Nc1ccc(C#Cc2ccc(N3CCN(C(=O)OC(C)(C)C)CC3)nc2)cc1. The lowest BCUT2D eigenvalue weighted by Gasteiger charge is -2.36. The van der Waals surface area contributed by atoms with Gasteiger partial charge in [-0.2, -0.15) is 0 Å². The van der Waals surface area contributed by atoms with Crippen molar-refractivity contribution in [3.8, 4) is 11.8 Å². The Morgan fingerprint density at radius 3 is 2.15 bits per heavy atom. The number of aromatic nitrogens is 1. The van der Waals surface area contributed by atoms with Gasteiger partial charge < -0.3 is 19.9 Å². The third-order valence-electron chi connectivity index (χ3n) is 4.97. The lowest BCUT2D eigenvalue weighted by Crippen LogP contribution is -2.50. The maximum absolute atomic E-state index is 12.2. The summed E-state index contributed by atoms with van der Waals surface area (Å²) in [5.41, 5.74) is 1.49. The smallest absolute Gasteiger partial charge is 0.410 e. The Hall–Kier alpha value is -3.71. The molecular formula is C26H31N5O2. The average molecular weight is 446 g/mol. The van der Waals surface area contributed by atoms with Crippen molar-refractivity contribution in [2.75, 3.05) is 36.4 Å². The van der Waals surface area contributed by atoms with Gasteiger partial charge in [-0.25, -0.2) is 16.4 Å². The van der Waals surface area contributed by atoms with Gasteiger partial charge in [-0.05, 0) is 57.2 Å². The van der Waals surface area contributed by atoms with Gasteiger partial charge in [-0.3, -0.25) is 4.85 Å². The van der Waals surface area contributed by atoms with Gasteiger partial charge in [0, 0.05) is 63.0 Å². The molecule has 0 bridgehead atoms. The largest absolute Gasteiger partial charge is 0.444 e. The zero-order chi connectivity index (χ0) is 24.1. The Kier molecular flexibility index (Phi) is 7.13. The Balaban J connectivity index is 1.55. The van der Waals surface area contributed by atoms with E-state index in [1.165, 1.54) is 0 Å². The summed E-state index contributed by atoms with van der Waals surface area (Å²) in [5, 5.41) is 3.18. The predicted molar refractivity (Wildman–Crippen MR) is 131 cm³/mol. The molecule has 0 unspecified atom stereocenters. The normalized spacial score (nSPS) is 14.1. The summed E-state index contributed by atoms with van der Waals surface area (Å²) in [7, 11) is 0. The molecule has 7 nitrogen and oxygen atoms in total. The van der Waals surface area contributed by atoms with Gasteiger partial charge in [0.2, 0.25) is 0 Å². The third-order valence-corrected chi connectivity index (χ3v) is 4.97. The number of nitrogens with one attached hydrogen (secondary N) is 1. The fourth-order valence-electron chi connectivity index (χ4n) is 3.25. The van der Waals surface area contributed by atoms with E-state index < -0.39 is 11.3 Å². The minimum atomic E-state index is -0.636. The van der Waals surface area contributed by atoms with Crippen molar-refractivity contribution in [2.45, 2.75) is 45.9 Å². The molecule has 0 saturated carbocycles. The molecule has 1 aromatic heterocycles. The van der Waals surface area contributed by atoms with Crippen LogP contribution in [0.1, 0.15) is 45.7 Å². The molecule has 0 aliphatic carbocycles. The zero-order valence-electron chi connectivity index (χ0n) is 20.0. The third kappa shape index (κ3) is 7.15. The summed E-state index contributed by atoms with van der Waals surface area (Å²) in [6.45, 7) is 19.1. The molecule has 1 aromatic carbocycles. The average Bonchev–Trinajstić information content (AvgIpc) is 2.78. The van der Waals surface area contributed by atoms with Crippen LogP contribution in [0.5, 0.6) is 0 Å². The molecule has 1 aliphatic rings. The summed E-state index contributed by atoms with van der Waals surface area (Å²) in [6.07, 6.45) is 1.51. The Bertz CT molecular complexity index is 1060. The molecular weight excluding hydrogens is 414 g/mol. The van der Waals surface area contributed by atoms with Crippen molar-refractivity contribution in [3.05, 3.63) is 65.1 Å². The van der Waals surface area contributed by atoms with E-state index in [0.29, 0.717) is 26.2 Å². The van der Waals surface area contributed by atoms with Gasteiger partial charge in [-0.1, -0.05) is 11.8 Å². The zero-order valence-corrected chi connectivity index (χ0v) is 20.0. The van der Waals surface area contributed by atoms with Crippen molar-refractivity contribution in [1.82, 2.24) is 9.88 Å². The van der Waals surface area contributed by atoms with Crippen molar-refractivity contribution >= 4 is 17.6 Å². The first-order valence-corrected chi connectivity index (χ1v) is 11.0. The maximum Gasteiger partial charge on any atom is 0.410 e. The molecule has 1 amide bonds.